The van der Waals surface area contributed by atoms with Crippen molar-refractivity contribution in [2.45, 2.75) is 41.0 Å². The molecule has 0 heterocycles. The lowest BCUT2D eigenvalue weighted by Crippen LogP contribution is -2.47. The van der Waals surface area contributed by atoms with E-state index in [4.69, 9.17) is 0 Å². The van der Waals surface area contributed by atoms with Crippen molar-refractivity contribution in [1.82, 2.24) is 4.90 Å². The first-order valence-electron chi connectivity index (χ1n) is 6.33. The molecule has 3 heteroatoms. The third kappa shape index (κ3) is 2.76. The van der Waals surface area contributed by atoms with Gasteiger partial charge in [0.15, 0.2) is 5.78 Å². The van der Waals surface area contributed by atoms with Crippen LogP contribution in [0.4, 0.5) is 0 Å². The molecule has 17 heavy (non-hydrogen) atoms. The van der Waals surface area contributed by atoms with Gasteiger partial charge >= 0.3 is 0 Å². The summed E-state index contributed by atoms with van der Waals surface area (Å²) >= 11 is 0. The van der Waals surface area contributed by atoms with E-state index in [0.717, 1.165) is 12.0 Å². The Bertz CT molecular complexity index is 351. The minimum absolute atomic E-state index is 0.0197. The van der Waals surface area contributed by atoms with Gasteiger partial charge in [-0.15, -0.1) is 0 Å². The Morgan fingerprint density at radius 2 is 1.94 bits per heavy atom. The first-order chi connectivity index (χ1) is 7.83. The van der Waals surface area contributed by atoms with Gasteiger partial charge in [-0.2, -0.15) is 0 Å². The third-order valence-electron chi connectivity index (χ3n) is 3.51. The van der Waals surface area contributed by atoms with Gasteiger partial charge in [0, 0.05) is 13.1 Å². The lowest BCUT2D eigenvalue weighted by atomic mass is 9.68. The fourth-order valence-corrected chi connectivity index (χ4v) is 2.76. The molecule has 3 nitrogen and oxygen atoms in total. The summed E-state index contributed by atoms with van der Waals surface area (Å²) in [4.78, 5) is 26.2. The number of rotatable bonds is 3. The largest absolute Gasteiger partial charge is 0.343 e. The van der Waals surface area contributed by atoms with Crippen LogP contribution in [0.3, 0.4) is 0 Å². The van der Waals surface area contributed by atoms with Crippen LogP contribution < -0.4 is 0 Å². The number of carbonyl (C=O) groups excluding carboxylic acids is 2. The van der Waals surface area contributed by atoms with Gasteiger partial charge in [0.2, 0.25) is 5.91 Å². The summed E-state index contributed by atoms with van der Waals surface area (Å²) in [5.74, 6) is -0.560. The minimum Gasteiger partial charge on any atom is -0.343 e. The van der Waals surface area contributed by atoms with E-state index in [1.54, 1.807) is 11.0 Å². The van der Waals surface area contributed by atoms with Crippen LogP contribution >= 0.6 is 0 Å². The topological polar surface area (TPSA) is 37.4 Å². The normalized spacial score (nSPS) is 23.2. The molecule has 0 bridgehead atoms. The number of allylic oxidation sites excluding steroid dienone is 2. The number of hydrogen-bond acceptors (Lipinski definition) is 2. The van der Waals surface area contributed by atoms with Crippen LogP contribution in [0.25, 0.3) is 0 Å². The van der Waals surface area contributed by atoms with Crippen LogP contribution in [0.1, 0.15) is 41.0 Å². The lowest BCUT2D eigenvalue weighted by molar-refractivity contribution is -0.144. The molecule has 1 atom stereocenters. The molecule has 0 aromatic carbocycles. The lowest BCUT2D eigenvalue weighted by Gasteiger charge is -2.37. The fourth-order valence-electron chi connectivity index (χ4n) is 2.76. The number of hydrogen-bond donors (Lipinski definition) is 0. The summed E-state index contributed by atoms with van der Waals surface area (Å²) in [6, 6.07) is 0. The van der Waals surface area contributed by atoms with Gasteiger partial charge < -0.3 is 4.90 Å². The number of carbonyl (C=O) groups is 2. The van der Waals surface area contributed by atoms with Gasteiger partial charge in [0.25, 0.3) is 0 Å². The molecule has 0 saturated heterocycles. The first-order valence-corrected chi connectivity index (χ1v) is 6.33. The van der Waals surface area contributed by atoms with E-state index in [9.17, 15) is 9.59 Å². The third-order valence-corrected chi connectivity index (χ3v) is 3.51. The van der Waals surface area contributed by atoms with Crippen molar-refractivity contribution < 1.29 is 9.59 Å². The van der Waals surface area contributed by atoms with Gasteiger partial charge in [-0.3, -0.25) is 9.59 Å². The van der Waals surface area contributed by atoms with Gasteiger partial charge in [-0.25, -0.2) is 0 Å². The zero-order valence-electron chi connectivity index (χ0n) is 11.5. The predicted molar refractivity (Wildman–Crippen MR) is 68.6 cm³/mol. The Morgan fingerprint density at radius 1 is 1.41 bits per heavy atom. The Labute approximate surface area is 104 Å². The van der Waals surface area contributed by atoms with Gasteiger partial charge in [-0.1, -0.05) is 19.4 Å². The van der Waals surface area contributed by atoms with Gasteiger partial charge in [0.05, 0.1) is 0 Å². The second-order valence-corrected chi connectivity index (χ2v) is 5.50. The molecule has 96 valence electrons. The van der Waals surface area contributed by atoms with E-state index in [1.807, 2.05) is 34.6 Å². The maximum absolute atomic E-state index is 12.4. The molecule has 1 amide bonds. The maximum atomic E-state index is 12.4. The van der Waals surface area contributed by atoms with Crippen molar-refractivity contribution in [3.8, 4) is 0 Å². The summed E-state index contributed by atoms with van der Waals surface area (Å²) in [6.45, 7) is 11.2. The quantitative estimate of drug-likeness (QED) is 0.707. The van der Waals surface area contributed by atoms with Crippen LogP contribution in [0.15, 0.2) is 11.6 Å². The second-order valence-electron chi connectivity index (χ2n) is 5.50. The molecule has 1 aliphatic carbocycles. The summed E-state index contributed by atoms with van der Waals surface area (Å²) in [6.07, 6.45) is 2.45. The zero-order chi connectivity index (χ0) is 13.2. The molecule has 0 aliphatic heterocycles. The molecule has 0 fully saturated rings. The van der Waals surface area contributed by atoms with Gasteiger partial charge in [0.1, 0.15) is 5.92 Å². The minimum atomic E-state index is -0.508. The van der Waals surface area contributed by atoms with Crippen molar-refractivity contribution in [2.75, 3.05) is 13.1 Å². The molecular weight excluding hydrogens is 214 g/mol. The predicted octanol–water partition coefficient (Wildman–Crippen LogP) is 2.42. The molecule has 0 N–H and O–H groups in total. The molecule has 1 aliphatic rings. The molecule has 0 saturated carbocycles. The van der Waals surface area contributed by atoms with Crippen LogP contribution in [0.2, 0.25) is 0 Å². The van der Waals surface area contributed by atoms with Crippen LogP contribution in [-0.4, -0.2) is 29.7 Å². The van der Waals surface area contributed by atoms with E-state index in [1.165, 1.54) is 0 Å². The summed E-state index contributed by atoms with van der Waals surface area (Å²) in [7, 11) is 0. The second kappa shape index (κ2) is 5.03. The van der Waals surface area contributed by atoms with Crippen LogP contribution in [0.5, 0.6) is 0 Å². The van der Waals surface area contributed by atoms with E-state index < -0.39 is 5.92 Å². The molecule has 1 unspecified atom stereocenters. The molecule has 0 spiro atoms. The van der Waals surface area contributed by atoms with Crippen molar-refractivity contribution in [3.63, 3.8) is 0 Å². The average Bonchev–Trinajstić information content (AvgIpc) is 2.15. The molecule has 0 radical (unpaired) electrons. The first kappa shape index (κ1) is 13.9. The number of amides is 1. The number of nitrogens with zero attached hydrogens (tertiary/aromatic N) is 1. The van der Waals surface area contributed by atoms with E-state index in [-0.39, 0.29) is 17.1 Å². The highest BCUT2D eigenvalue weighted by atomic mass is 16.2. The summed E-state index contributed by atoms with van der Waals surface area (Å²) < 4.78 is 0. The zero-order valence-corrected chi connectivity index (χ0v) is 11.5. The monoisotopic (exact) mass is 237 g/mol. The summed E-state index contributed by atoms with van der Waals surface area (Å²) in [5.41, 5.74) is 0.805. The SMILES string of the molecule is CCN(CC)C(=O)C1C(=O)C=C(C)CC1(C)C. The highest BCUT2D eigenvalue weighted by molar-refractivity contribution is 6.08. The van der Waals surface area contributed by atoms with E-state index in [0.29, 0.717) is 13.1 Å². The van der Waals surface area contributed by atoms with Crippen molar-refractivity contribution >= 4 is 11.7 Å². The van der Waals surface area contributed by atoms with Crippen LogP contribution in [-0.2, 0) is 9.59 Å². The Hall–Kier alpha value is -1.12. The van der Waals surface area contributed by atoms with E-state index >= 15 is 0 Å². The Balaban J connectivity index is 3.03. The highest BCUT2D eigenvalue weighted by Gasteiger charge is 2.43. The summed E-state index contributed by atoms with van der Waals surface area (Å²) in [5, 5.41) is 0. The molecule has 0 aromatic rings. The molecular formula is C14H23NO2. The van der Waals surface area contributed by atoms with Crippen molar-refractivity contribution in [3.05, 3.63) is 11.6 Å². The van der Waals surface area contributed by atoms with Crippen LogP contribution in [0, 0.1) is 11.3 Å². The molecule has 1 rings (SSSR count). The van der Waals surface area contributed by atoms with Crippen molar-refractivity contribution in [2.24, 2.45) is 11.3 Å². The Kier molecular flexibility index (Phi) is 4.12. The molecule has 0 aromatic heterocycles. The Morgan fingerprint density at radius 3 is 2.35 bits per heavy atom. The average molecular weight is 237 g/mol. The van der Waals surface area contributed by atoms with Gasteiger partial charge in [-0.05, 0) is 38.7 Å². The maximum Gasteiger partial charge on any atom is 0.234 e. The standard InChI is InChI=1S/C14H23NO2/c1-6-15(7-2)13(17)12-11(16)8-10(3)9-14(12,4)5/h8,12H,6-7,9H2,1-5H3. The highest BCUT2D eigenvalue weighted by Crippen LogP contribution is 2.39. The van der Waals surface area contributed by atoms with Crippen molar-refractivity contribution in [1.29, 1.82) is 0 Å². The fraction of sp³-hybridized carbons (Fsp3) is 0.714. The number of ketones is 1. The smallest absolute Gasteiger partial charge is 0.234 e. The van der Waals surface area contributed by atoms with E-state index in [2.05, 4.69) is 0 Å².